The Labute approximate surface area is 124 Å². The van der Waals surface area contributed by atoms with Crippen molar-refractivity contribution < 1.29 is 4.39 Å². The second-order valence-corrected chi connectivity index (χ2v) is 4.75. The third-order valence-corrected chi connectivity index (χ3v) is 3.04. The summed E-state index contributed by atoms with van der Waals surface area (Å²) in [5, 5.41) is 7.09. The molecule has 0 saturated heterocycles. The van der Waals surface area contributed by atoms with Gasteiger partial charge in [-0.25, -0.2) is 9.97 Å². The van der Waals surface area contributed by atoms with Gasteiger partial charge in [0.05, 0.1) is 11.9 Å². The Morgan fingerprint density at radius 2 is 2.14 bits per heavy atom. The molecular formula is C13H11FN6S. The fraction of sp³-hybridized carbons (Fsp3) is 0.0769. The average molecular weight is 302 g/mol. The molecule has 106 valence electrons. The largest absolute Gasteiger partial charge is 0.323 e. The van der Waals surface area contributed by atoms with Crippen LogP contribution in [0.25, 0.3) is 11.3 Å². The van der Waals surface area contributed by atoms with Gasteiger partial charge in [0, 0.05) is 30.9 Å². The molecule has 0 fully saturated rings. The Morgan fingerprint density at radius 3 is 2.86 bits per heavy atom. The summed E-state index contributed by atoms with van der Waals surface area (Å²) in [6, 6.07) is 6.48. The highest BCUT2D eigenvalue weighted by atomic mass is 32.1. The molecule has 3 aromatic heterocycles. The van der Waals surface area contributed by atoms with Crippen molar-refractivity contribution in [1.82, 2.24) is 24.7 Å². The van der Waals surface area contributed by atoms with Crippen LogP contribution in [0, 0.1) is 10.6 Å². The third-order valence-electron chi connectivity index (χ3n) is 2.82. The number of pyridine rings is 1. The zero-order valence-electron chi connectivity index (χ0n) is 11.0. The first kappa shape index (κ1) is 13.4. The molecule has 0 aliphatic carbocycles. The minimum absolute atomic E-state index is 0.310. The van der Waals surface area contributed by atoms with Crippen LogP contribution < -0.4 is 5.32 Å². The molecule has 0 spiro atoms. The maximum Gasteiger partial charge on any atom is 0.228 e. The lowest BCUT2D eigenvalue weighted by Crippen LogP contribution is -2.03. The van der Waals surface area contributed by atoms with Gasteiger partial charge in [-0.3, -0.25) is 4.68 Å². The summed E-state index contributed by atoms with van der Waals surface area (Å²) in [6.45, 7) is 0. The number of anilines is 2. The summed E-state index contributed by atoms with van der Waals surface area (Å²) in [6.07, 6.45) is 3.26. The fourth-order valence-electron chi connectivity index (χ4n) is 1.85. The molecule has 21 heavy (non-hydrogen) atoms. The lowest BCUT2D eigenvalue weighted by atomic mass is 10.2. The summed E-state index contributed by atoms with van der Waals surface area (Å²) >= 11 is 4.96. The predicted molar refractivity (Wildman–Crippen MR) is 79.1 cm³/mol. The van der Waals surface area contributed by atoms with E-state index in [0.29, 0.717) is 21.8 Å². The number of aromatic nitrogens is 5. The van der Waals surface area contributed by atoms with Crippen LogP contribution in [0.5, 0.6) is 0 Å². The van der Waals surface area contributed by atoms with Crippen LogP contribution in [0.4, 0.5) is 16.2 Å². The lowest BCUT2D eigenvalue weighted by Gasteiger charge is -2.06. The van der Waals surface area contributed by atoms with E-state index in [4.69, 9.17) is 12.2 Å². The first-order valence-electron chi connectivity index (χ1n) is 6.10. The average Bonchev–Trinajstić information content (AvgIpc) is 2.84. The predicted octanol–water partition coefficient (Wildman–Crippen LogP) is 2.82. The Balaban J connectivity index is 1.96. The van der Waals surface area contributed by atoms with E-state index in [2.05, 4.69) is 25.4 Å². The topological polar surface area (TPSA) is 71.4 Å². The molecule has 0 saturated carbocycles. The molecule has 0 bridgehead atoms. The van der Waals surface area contributed by atoms with Crippen molar-refractivity contribution in [2.75, 3.05) is 5.32 Å². The van der Waals surface area contributed by atoms with Gasteiger partial charge in [-0.15, -0.1) is 0 Å². The Bertz CT molecular complexity index is 840. The Hall–Kier alpha value is -2.61. The van der Waals surface area contributed by atoms with E-state index in [0.717, 1.165) is 5.82 Å². The number of aromatic amines is 1. The monoisotopic (exact) mass is 302 g/mol. The first-order chi connectivity index (χ1) is 10.1. The molecule has 0 atom stereocenters. The van der Waals surface area contributed by atoms with Crippen LogP contribution in [0.3, 0.4) is 0 Å². The van der Waals surface area contributed by atoms with Gasteiger partial charge in [-0.05, 0) is 12.1 Å². The van der Waals surface area contributed by atoms with Gasteiger partial charge in [-0.1, -0.05) is 12.2 Å². The molecule has 0 aliphatic heterocycles. The quantitative estimate of drug-likeness (QED) is 0.575. The van der Waals surface area contributed by atoms with E-state index in [1.807, 2.05) is 0 Å². The molecule has 2 N–H and O–H groups in total. The van der Waals surface area contributed by atoms with Crippen LogP contribution in [0.15, 0.2) is 36.7 Å². The van der Waals surface area contributed by atoms with Gasteiger partial charge >= 0.3 is 0 Å². The van der Waals surface area contributed by atoms with Crippen LogP contribution in [-0.4, -0.2) is 24.7 Å². The number of H-pyrrole nitrogens is 1. The standard InChI is InChI=1S/C13H11FN6S/c1-20-11(3-5-16-20)19-13-15-4-2-9(17-13)8-6-10(14)18-12(21)7-8/h2-7H,1H3,(H,18,21)(H,15,17,19). The van der Waals surface area contributed by atoms with E-state index >= 15 is 0 Å². The van der Waals surface area contributed by atoms with Crippen molar-refractivity contribution in [3.05, 3.63) is 47.2 Å². The maximum atomic E-state index is 13.4. The summed E-state index contributed by atoms with van der Waals surface area (Å²) in [5.74, 6) is 0.649. The molecule has 0 radical (unpaired) electrons. The highest BCUT2D eigenvalue weighted by Gasteiger charge is 2.06. The molecule has 0 amide bonds. The number of halogens is 1. The lowest BCUT2D eigenvalue weighted by molar-refractivity contribution is 0.582. The number of aryl methyl sites for hydroxylation is 1. The highest BCUT2D eigenvalue weighted by Crippen LogP contribution is 2.19. The van der Waals surface area contributed by atoms with Gasteiger partial charge in [0.25, 0.3) is 0 Å². The normalized spacial score (nSPS) is 10.6. The van der Waals surface area contributed by atoms with Gasteiger partial charge in [0.15, 0.2) is 5.95 Å². The number of rotatable bonds is 3. The van der Waals surface area contributed by atoms with Crippen LogP contribution in [0.1, 0.15) is 0 Å². The maximum absolute atomic E-state index is 13.4. The first-order valence-corrected chi connectivity index (χ1v) is 6.51. The molecule has 6 nitrogen and oxygen atoms in total. The van der Waals surface area contributed by atoms with E-state index < -0.39 is 5.95 Å². The van der Waals surface area contributed by atoms with Crippen molar-refractivity contribution in [3.63, 3.8) is 0 Å². The van der Waals surface area contributed by atoms with E-state index in [-0.39, 0.29) is 0 Å². The van der Waals surface area contributed by atoms with E-state index in [1.54, 1.807) is 42.3 Å². The third kappa shape index (κ3) is 2.95. The van der Waals surface area contributed by atoms with E-state index in [9.17, 15) is 4.39 Å². The Kier molecular flexibility index (Phi) is 3.44. The SMILES string of the molecule is Cn1nccc1Nc1nccc(-c2cc(F)[nH]c(=S)c2)n1. The summed E-state index contributed by atoms with van der Waals surface area (Å²) in [4.78, 5) is 10.9. The van der Waals surface area contributed by atoms with Crippen LogP contribution in [-0.2, 0) is 7.05 Å². The number of hydrogen-bond donors (Lipinski definition) is 2. The molecule has 0 aliphatic rings. The van der Waals surface area contributed by atoms with Crippen molar-refractivity contribution in [3.8, 4) is 11.3 Å². The summed E-state index contributed by atoms with van der Waals surface area (Å²) < 4.78 is 15.4. The molecular weight excluding hydrogens is 291 g/mol. The smallest absolute Gasteiger partial charge is 0.228 e. The van der Waals surface area contributed by atoms with Gasteiger partial charge < -0.3 is 10.3 Å². The van der Waals surface area contributed by atoms with Crippen LogP contribution >= 0.6 is 12.2 Å². The zero-order valence-corrected chi connectivity index (χ0v) is 11.9. The van der Waals surface area contributed by atoms with Gasteiger partial charge in [0.2, 0.25) is 5.95 Å². The summed E-state index contributed by atoms with van der Waals surface area (Å²) in [5.41, 5.74) is 1.17. The molecule has 0 aromatic carbocycles. The Morgan fingerprint density at radius 1 is 1.29 bits per heavy atom. The zero-order chi connectivity index (χ0) is 14.8. The molecule has 3 heterocycles. The number of nitrogens with one attached hydrogen (secondary N) is 2. The van der Waals surface area contributed by atoms with Crippen molar-refractivity contribution >= 4 is 24.0 Å². The number of nitrogens with zero attached hydrogens (tertiary/aromatic N) is 4. The van der Waals surface area contributed by atoms with Gasteiger partial charge in [0.1, 0.15) is 10.5 Å². The van der Waals surface area contributed by atoms with Crippen molar-refractivity contribution in [1.29, 1.82) is 0 Å². The van der Waals surface area contributed by atoms with E-state index in [1.165, 1.54) is 6.07 Å². The molecule has 0 unspecified atom stereocenters. The van der Waals surface area contributed by atoms with Gasteiger partial charge in [-0.2, -0.15) is 9.49 Å². The number of hydrogen-bond acceptors (Lipinski definition) is 5. The minimum Gasteiger partial charge on any atom is -0.323 e. The molecule has 3 aromatic rings. The van der Waals surface area contributed by atoms with Crippen molar-refractivity contribution in [2.45, 2.75) is 0 Å². The summed E-state index contributed by atoms with van der Waals surface area (Å²) in [7, 11) is 1.80. The molecule has 8 heteroatoms. The molecule has 3 rings (SSSR count). The van der Waals surface area contributed by atoms with Crippen LogP contribution in [0.2, 0.25) is 0 Å². The minimum atomic E-state index is -0.503. The van der Waals surface area contributed by atoms with Crippen molar-refractivity contribution in [2.24, 2.45) is 7.05 Å². The second kappa shape index (κ2) is 5.41. The second-order valence-electron chi connectivity index (χ2n) is 4.31. The fourth-order valence-corrected chi connectivity index (χ4v) is 2.07. The highest BCUT2D eigenvalue weighted by molar-refractivity contribution is 7.71.